The smallest absolute Gasteiger partial charge is 0.176 e. The highest BCUT2D eigenvalue weighted by Crippen LogP contribution is 2.25. The van der Waals surface area contributed by atoms with Crippen molar-refractivity contribution in [1.82, 2.24) is 4.90 Å². The van der Waals surface area contributed by atoms with E-state index in [0.29, 0.717) is 29.4 Å². The molecule has 1 heterocycles. The molecular formula is C13H16ClNO4. The topological polar surface area (TPSA) is 70.0 Å². The van der Waals surface area contributed by atoms with Crippen LogP contribution in [0.4, 0.5) is 0 Å². The van der Waals surface area contributed by atoms with Gasteiger partial charge in [-0.3, -0.25) is 9.69 Å². The molecule has 19 heavy (non-hydrogen) atoms. The molecule has 1 aromatic rings. The Bertz CT molecular complexity index is 470. The van der Waals surface area contributed by atoms with Crippen molar-refractivity contribution in [3.8, 4) is 5.75 Å². The van der Waals surface area contributed by atoms with E-state index in [1.165, 1.54) is 7.11 Å². The van der Waals surface area contributed by atoms with Gasteiger partial charge in [0, 0.05) is 18.7 Å². The van der Waals surface area contributed by atoms with E-state index < -0.39 is 12.2 Å². The molecule has 0 saturated carbocycles. The first-order valence-electron chi connectivity index (χ1n) is 5.96. The van der Waals surface area contributed by atoms with Crippen molar-refractivity contribution in [3.63, 3.8) is 0 Å². The lowest BCUT2D eigenvalue weighted by atomic mass is 10.1. The van der Waals surface area contributed by atoms with Crippen LogP contribution in [-0.4, -0.2) is 59.8 Å². The van der Waals surface area contributed by atoms with Gasteiger partial charge in [0.1, 0.15) is 5.75 Å². The van der Waals surface area contributed by atoms with Crippen LogP contribution in [0, 0.1) is 0 Å². The molecule has 1 aliphatic rings. The lowest BCUT2D eigenvalue weighted by molar-refractivity contribution is 0.0572. The number of carbonyl (C=O) groups is 1. The molecule has 5 nitrogen and oxygen atoms in total. The number of nitrogens with zero attached hydrogens (tertiary/aromatic N) is 1. The predicted octanol–water partition coefficient (Wildman–Crippen LogP) is 0.569. The summed E-state index contributed by atoms with van der Waals surface area (Å²) in [7, 11) is 1.51. The van der Waals surface area contributed by atoms with Crippen LogP contribution in [0.25, 0.3) is 0 Å². The maximum Gasteiger partial charge on any atom is 0.176 e. The molecule has 0 amide bonds. The van der Waals surface area contributed by atoms with Gasteiger partial charge in [0.2, 0.25) is 0 Å². The van der Waals surface area contributed by atoms with Gasteiger partial charge in [-0.05, 0) is 18.2 Å². The van der Waals surface area contributed by atoms with Crippen LogP contribution in [0.3, 0.4) is 0 Å². The Balaban J connectivity index is 2.02. The number of rotatable bonds is 4. The Morgan fingerprint density at radius 2 is 2.05 bits per heavy atom. The fourth-order valence-electron chi connectivity index (χ4n) is 2.11. The van der Waals surface area contributed by atoms with Gasteiger partial charge in [0.05, 0.1) is 30.9 Å². The number of hydrogen-bond donors (Lipinski definition) is 2. The first-order chi connectivity index (χ1) is 9.01. The maximum atomic E-state index is 12.1. The largest absolute Gasteiger partial charge is 0.495 e. The summed E-state index contributed by atoms with van der Waals surface area (Å²) in [6.07, 6.45) is -1.57. The number of Topliss-reactive ketones (excluding diaryl/α,β-unsaturated/α-hetero) is 1. The monoisotopic (exact) mass is 285 g/mol. The minimum Gasteiger partial charge on any atom is -0.495 e. The van der Waals surface area contributed by atoms with Gasteiger partial charge in [0.25, 0.3) is 0 Å². The first kappa shape index (κ1) is 14.3. The molecule has 2 N–H and O–H groups in total. The number of hydrogen-bond acceptors (Lipinski definition) is 5. The third kappa shape index (κ3) is 3.25. The summed E-state index contributed by atoms with van der Waals surface area (Å²) in [5.41, 5.74) is 0.488. The van der Waals surface area contributed by atoms with E-state index in [1.54, 1.807) is 23.1 Å². The highest BCUT2D eigenvalue weighted by Gasteiger charge is 2.30. The zero-order valence-corrected chi connectivity index (χ0v) is 11.3. The van der Waals surface area contributed by atoms with Crippen LogP contribution in [0.15, 0.2) is 18.2 Å². The lowest BCUT2D eigenvalue weighted by Crippen LogP contribution is -2.28. The van der Waals surface area contributed by atoms with E-state index in [-0.39, 0.29) is 12.3 Å². The van der Waals surface area contributed by atoms with E-state index in [0.717, 1.165) is 0 Å². The van der Waals surface area contributed by atoms with Gasteiger partial charge in [0.15, 0.2) is 5.78 Å². The average molecular weight is 286 g/mol. The zero-order chi connectivity index (χ0) is 14.0. The molecule has 0 radical (unpaired) electrons. The Morgan fingerprint density at radius 1 is 1.42 bits per heavy atom. The number of halogens is 1. The zero-order valence-electron chi connectivity index (χ0n) is 10.5. The number of likely N-dealkylation sites (tertiary alicyclic amines) is 1. The second-order valence-electron chi connectivity index (χ2n) is 4.60. The molecule has 2 unspecified atom stereocenters. The standard InChI is InChI=1S/C13H16ClNO4/c1-19-13-3-2-8(4-9(13)14)10(16)5-15-6-11(17)12(18)7-15/h2-4,11-12,17-18H,5-7H2,1H3. The van der Waals surface area contributed by atoms with Crippen LogP contribution in [0.1, 0.15) is 10.4 Å². The van der Waals surface area contributed by atoms with E-state index in [1.807, 2.05) is 0 Å². The maximum absolute atomic E-state index is 12.1. The highest BCUT2D eigenvalue weighted by atomic mass is 35.5. The van der Waals surface area contributed by atoms with Gasteiger partial charge in [-0.15, -0.1) is 0 Å². The molecule has 0 bridgehead atoms. The SMILES string of the molecule is COc1ccc(C(=O)CN2CC(O)C(O)C2)cc1Cl. The molecule has 104 valence electrons. The molecule has 0 aliphatic carbocycles. The van der Waals surface area contributed by atoms with Gasteiger partial charge in [-0.25, -0.2) is 0 Å². The van der Waals surface area contributed by atoms with E-state index in [9.17, 15) is 15.0 Å². The quantitative estimate of drug-likeness (QED) is 0.792. The molecular weight excluding hydrogens is 270 g/mol. The molecule has 1 aromatic carbocycles. The van der Waals surface area contributed by atoms with Crippen molar-refractivity contribution in [3.05, 3.63) is 28.8 Å². The van der Waals surface area contributed by atoms with Crippen molar-refractivity contribution in [2.75, 3.05) is 26.7 Å². The minimum absolute atomic E-state index is 0.106. The minimum atomic E-state index is -0.785. The summed E-state index contributed by atoms with van der Waals surface area (Å²) in [5, 5.41) is 19.2. The number of β-amino-alcohol motifs (C(OH)–C–C–N with tert-alkyl or cyclic N) is 2. The lowest BCUT2D eigenvalue weighted by Gasteiger charge is -2.13. The van der Waals surface area contributed by atoms with Crippen molar-refractivity contribution in [1.29, 1.82) is 0 Å². The van der Waals surface area contributed by atoms with Gasteiger partial charge >= 0.3 is 0 Å². The number of ether oxygens (including phenoxy) is 1. The van der Waals surface area contributed by atoms with Crippen LogP contribution in [-0.2, 0) is 0 Å². The summed E-state index contributed by atoms with van der Waals surface area (Å²) in [5.74, 6) is 0.413. The Hall–Kier alpha value is -1.14. The number of methoxy groups -OCH3 is 1. The third-order valence-electron chi connectivity index (χ3n) is 3.18. The van der Waals surface area contributed by atoms with Gasteiger partial charge < -0.3 is 14.9 Å². The average Bonchev–Trinajstić information content (AvgIpc) is 2.68. The van der Waals surface area contributed by atoms with Crippen LogP contribution < -0.4 is 4.74 Å². The fourth-order valence-corrected chi connectivity index (χ4v) is 2.37. The Kier molecular flexibility index (Phi) is 4.42. The van der Waals surface area contributed by atoms with Crippen LogP contribution in [0.2, 0.25) is 5.02 Å². The molecule has 1 saturated heterocycles. The van der Waals surface area contributed by atoms with Gasteiger partial charge in [-0.2, -0.15) is 0 Å². The third-order valence-corrected chi connectivity index (χ3v) is 3.47. The Labute approximate surface area is 116 Å². The summed E-state index contributed by atoms with van der Waals surface area (Å²) >= 11 is 5.97. The molecule has 1 fully saturated rings. The highest BCUT2D eigenvalue weighted by molar-refractivity contribution is 6.32. The summed E-state index contributed by atoms with van der Waals surface area (Å²) in [6, 6.07) is 4.85. The van der Waals surface area contributed by atoms with Crippen molar-refractivity contribution in [2.24, 2.45) is 0 Å². The molecule has 0 aromatic heterocycles. The number of carbonyl (C=O) groups excluding carboxylic acids is 1. The van der Waals surface area contributed by atoms with E-state index in [4.69, 9.17) is 16.3 Å². The van der Waals surface area contributed by atoms with E-state index >= 15 is 0 Å². The Morgan fingerprint density at radius 3 is 2.58 bits per heavy atom. The summed E-state index contributed by atoms with van der Waals surface area (Å²) in [6.45, 7) is 0.754. The van der Waals surface area contributed by atoms with Crippen molar-refractivity contribution in [2.45, 2.75) is 12.2 Å². The van der Waals surface area contributed by atoms with Crippen molar-refractivity contribution >= 4 is 17.4 Å². The molecule has 0 spiro atoms. The first-order valence-corrected chi connectivity index (χ1v) is 6.34. The van der Waals surface area contributed by atoms with Crippen LogP contribution >= 0.6 is 11.6 Å². The summed E-state index contributed by atoms with van der Waals surface area (Å²) < 4.78 is 5.02. The molecule has 1 aliphatic heterocycles. The number of ketones is 1. The van der Waals surface area contributed by atoms with Crippen LogP contribution in [0.5, 0.6) is 5.75 Å². The van der Waals surface area contributed by atoms with Crippen molar-refractivity contribution < 1.29 is 19.7 Å². The predicted molar refractivity (Wildman–Crippen MR) is 70.8 cm³/mol. The molecule has 2 atom stereocenters. The number of aliphatic hydroxyl groups excluding tert-OH is 2. The fraction of sp³-hybridized carbons (Fsp3) is 0.462. The van der Waals surface area contributed by atoms with E-state index in [2.05, 4.69) is 0 Å². The number of benzene rings is 1. The number of aliphatic hydroxyl groups is 2. The summed E-state index contributed by atoms with van der Waals surface area (Å²) in [4.78, 5) is 13.8. The second kappa shape index (κ2) is 5.88. The molecule has 2 rings (SSSR count). The normalized spacial score (nSPS) is 23.6. The van der Waals surface area contributed by atoms with Gasteiger partial charge in [-0.1, -0.05) is 11.6 Å². The second-order valence-corrected chi connectivity index (χ2v) is 5.01. The molecule has 6 heteroatoms.